The molecule has 0 aliphatic carbocycles. The van der Waals surface area contributed by atoms with Crippen LogP contribution in [0.1, 0.15) is 0 Å². The molecule has 0 radical (unpaired) electrons. The Morgan fingerprint density at radius 2 is 1.74 bits per heavy atom. The average molecular weight is 453 g/mol. The van der Waals surface area contributed by atoms with Gasteiger partial charge in [-0.25, -0.2) is 13.6 Å². The number of carbonyl (C=O) groups excluding carboxylic acids is 1. The van der Waals surface area contributed by atoms with Crippen molar-refractivity contribution in [3.05, 3.63) is 53.0 Å². The molecular weight excluding hydrogens is 432 g/mol. The maximum atomic E-state index is 12.2. The number of nitrogens with one attached hydrogen (secondary N) is 1. The Bertz CT molecular complexity index is 910. The standard InChI is InChI=1S/C18H21BrN4O3S/c19-14-2-1-3-15(12-14)21-18(24)13-22-8-10-23(11-9-22)16-4-6-17(7-5-16)27(20,25)26/h1-7,12H,8-11,13H2,(H,21,24)(H2,20,25,26). The predicted octanol–water partition coefficient (Wildman–Crippen LogP) is 1.86. The molecule has 0 bridgehead atoms. The minimum atomic E-state index is -3.68. The van der Waals surface area contributed by atoms with E-state index in [0.717, 1.165) is 42.0 Å². The Hall–Kier alpha value is -1.94. The van der Waals surface area contributed by atoms with E-state index in [9.17, 15) is 13.2 Å². The maximum Gasteiger partial charge on any atom is 0.238 e. The molecule has 27 heavy (non-hydrogen) atoms. The second kappa shape index (κ2) is 8.39. The summed E-state index contributed by atoms with van der Waals surface area (Å²) in [6.07, 6.45) is 0. The van der Waals surface area contributed by atoms with Gasteiger partial charge in [0.05, 0.1) is 11.4 Å². The highest BCUT2D eigenvalue weighted by Gasteiger charge is 2.19. The summed E-state index contributed by atoms with van der Waals surface area (Å²) in [7, 11) is -3.68. The molecular formula is C18H21BrN4O3S. The van der Waals surface area contributed by atoms with Crippen LogP contribution >= 0.6 is 15.9 Å². The molecule has 0 unspecified atom stereocenters. The number of rotatable bonds is 5. The minimum Gasteiger partial charge on any atom is -0.369 e. The van der Waals surface area contributed by atoms with Crippen molar-refractivity contribution in [1.29, 1.82) is 0 Å². The van der Waals surface area contributed by atoms with Crippen LogP contribution in [-0.2, 0) is 14.8 Å². The molecule has 0 spiro atoms. The Balaban J connectivity index is 1.50. The van der Waals surface area contributed by atoms with E-state index in [4.69, 9.17) is 5.14 Å². The zero-order valence-electron chi connectivity index (χ0n) is 14.6. The number of amides is 1. The monoisotopic (exact) mass is 452 g/mol. The third kappa shape index (κ3) is 5.52. The largest absolute Gasteiger partial charge is 0.369 e. The maximum absolute atomic E-state index is 12.2. The van der Waals surface area contributed by atoms with Crippen LogP contribution < -0.4 is 15.4 Å². The SMILES string of the molecule is NS(=O)(=O)c1ccc(N2CCN(CC(=O)Nc3cccc(Br)c3)CC2)cc1. The zero-order valence-corrected chi connectivity index (χ0v) is 17.0. The Labute approximate surface area is 167 Å². The summed E-state index contributed by atoms with van der Waals surface area (Å²) >= 11 is 3.39. The number of sulfonamides is 1. The van der Waals surface area contributed by atoms with Gasteiger partial charge >= 0.3 is 0 Å². The van der Waals surface area contributed by atoms with Crippen LogP contribution in [0, 0.1) is 0 Å². The lowest BCUT2D eigenvalue weighted by Crippen LogP contribution is -2.48. The lowest BCUT2D eigenvalue weighted by molar-refractivity contribution is -0.117. The van der Waals surface area contributed by atoms with Gasteiger partial charge in [0.1, 0.15) is 0 Å². The van der Waals surface area contributed by atoms with Gasteiger partial charge in [-0.2, -0.15) is 0 Å². The Morgan fingerprint density at radius 1 is 1.07 bits per heavy atom. The van der Waals surface area contributed by atoms with E-state index in [1.54, 1.807) is 12.1 Å². The fourth-order valence-electron chi connectivity index (χ4n) is 2.98. The number of hydrogen-bond donors (Lipinski definition) is 2. The van der Waals surface area contributed by atoms with E-state index in [2.05, 4.69) is 31.0 Å². The van der Waals surface area contributed by atoms with E-state index < -0.39 is 10.0 Å². The summed E-state index contributed by atoms with van der Waals surface area (Å²) < 4.78 is 23.6. The van der Waals surface area contributed by atoms with Crippen molar-refractivity contribution >= 4 is 43.2 Å². The highest BCUT2D eigenvalue weighted by molar-refractivity contribution is 9.10. The molecule has 1 aliphatic rings. The van der Waals surface area contributed by atoms with Gasteiger partial charge in [0, 0.05) is 42.0 Å². The van der Waals surface area contributed by atoms with Crippen LogP contribution in [-0.4, -0.2) is 51.9 Å². The van der Waals surface area contributed by atoms with Crippen LogP contribution in [0.4, 0.5) is 11.4 Å². The Kier molecular flexibility index (Phi) is 6.15. The summed E-state index contributed by atoms with van der Waals surface area (Å²) in [5.41, 5.74) is 1.71. The number of anilines is 2. The highest BCUT2D eigenvalue weighted by Crippen LogP contribution is 2.19. The lowest BCUT2D eigenvalue weighted by atomic mass is 10.2. The van der Waals surface area contributed by atoms with Crippen molar-refractivity contribution in [3.63, 3.8) is 0 Å². The van der Waals surface area contributed by atoms with Gasteiger partial charge in [0.15, 0.2) is 0 Å². The Morgan fingerprint density at radius 3 is 2.33 bits per heavy atom. The first-order valence-electron chi connectivity index (χ1n) is 8.47. The molecule has 0 atom stereocenters. The molecule has 2 aromatic rings. The molecule has 9 heteroatoms. The number of nitrogens with two attached hydrogens (primary N) is 1. The molecule has 3 N–H and O–H groups in total. The molecule has 1 amide bonds. The molecule has 2 aromatic carbocycles. The zero-order chi connectivity index (χ0) is 19.4. The van der Waals surface area contributed by atoms with Crippen molar-refractivity contribution in [3.8, 4) is 0 Å². The van der Waals surface area contributed by atoms with E-state index in [1.807, 2.05) is 24.3 Å². The van der Waals surface area contributed by atoms with Gasteiger partial charge in [-0.05, 0) is 42.5 Å². The first-order valence-corrected chi connectivity index (χ1v) is 10.8. The van der Waals surface area contributed by atoms with Gasteiger partial charge in [0.25, 0.3) is 0 Å². The summed E-state index contributed by atoms with van der Waals surface area (Å²) in [6, 6.07) is 14.0. The van der Waals surface area contributed by atoms with Crippen LogP contribution in [0.25, 0.3) is 0 Å². The molecule has 7 nitrogen and oxygen atoms in total. The third-order valence-corrected chi connectivity index (χ3v) is 5.80. The second-order valence-corrected chi connectivity index (χ2v) is 8.84. The van der Waals surface area contributed by atoms with Crippen LogP contribution in [0.3, 0.4) is 0 Å². The van der Waals surface area contributed by atoms with Crippen molar-refractivity contribution in [2.24, 2.45) is 5.14 Å². The summed E-state index contributed by atoms with van der Waals surface area (Å²) in [4.78, 5) is 16.6. The molecule has 0 saturated carbocycles. The summed E-state index contributed by atoms with van der Waals surface area (Å²) in [5.74, 6) is -0.0425. The van der Waals surface area contributed by atoms with E-state index >= 15 is 0 Å². The van der Waals surface area contributed by atoms with Gasteiger partial charge < -0.3 is 10.2 Å². The molecule has 0 aromatic heterocycles. The fourth-order valence-corrected chi connectivity index (χ4v) is 3.90. The molecule has 1 fully saturated rings. The normalized spacial score (nSPS) is 15.6. The number of benzene rings is 2. The minimum absolute atomic E-state index is 0.0425. The van der Waals surface area contributed by atoms with Crippen LogP contribution in [0.2, 0.25) is 0 Å². The average Bonchev–Trinajstić information content (AvgIpc) is 2.62. The van der Waals surface area contributed by atoms with Crippen molar-refractivity contribution in [2.45, 2.75) is 4.90 Å². The van der Waals surface area contributed by atoms with Crippen LogP contribution in [0.5, 0.6) is 0 Å². The second-order valence-electron chi connectivity index (χ2n) is 6.36. The number of primary sulfonamides is 1. The molecule has 3 rings (SSSR count). The predicted molar refractivity (Wildman–Crippen MR) is 109 cm³/mol. The lowest BCUT2D eigenvalue weighted by Gasteiger charge is -2.35. The van der Waals surface area contributed by atoms with Gasteiger partial charge in [-0.15, -0.1) is 0 Å². The molecule has 1 saturated heterocycles. The topological polar surface area (TPSA) is 95.7 Å². The van der Waals surface area contributed by atoms with Crippen molar-refractivity contribution in [2.75, 3.05) is 42.9 Å². The first kappa shape index (κ1) is 19.8. The number of piperazine rings is 1. The van der Waals surface area contributed by atoms with Gasteiger partial charge in [-0.1, -0.05) is 22.0 Å². The van der Waals surface area contributed by atoms with E-state index in [1.165, 1.54) is 12.1 Å². The first-order chi connectivity index (χ1) is 12.8. The van der Waals surface area contributed by atoms with Crippen molar-refractivity contribution in [1.82, 2.24) is 4.90 Å². The molecule has 144 valence electrons. The number of hydrogen-bond acceptors (Lipinski definition) is 5. The fraction of sp³-hybridized carbons (Fsp3) is 0.278. The van der Waals surface area contributed by atoms with Gasteiger partial charge in [-0.3, -0.25) is 9.69 Å². The number of halogens is 1. The summed E-state index contributed by atoms with van der Waals surface area (Å²) in [6.45, 7) is 3.37. The smallest absolute Gasteiger partial charge is 0.238 e. The summed E-state index contributed by atoms with van der Waals surface area (Å²) in [5, 5.41) is 8.03. The third-order valence-electron chi connectivity index (χ3n) is 4.38. The number of nitrogens with zero attached hydrogens (tertiary/aromatic N) is 2. The quantitative estimate of drug-likeness (QED) is 0.721. The molecule has 1 aliphatic heterocycles. The highest BCUT2D eigenvalue weighted by atomic mass is 79.9. The van der Waals surface area contributed by atoms with E-state index in [0.29, 0.717) is 6.54 Å². The van der Waals surface area contributed by atoms with Crippen LogP contribution in [0.15, 0.2) is 57.9 Å². The van der Waals surface area contributed by atoms with E-state index in [-0.39, 0.29) is 10.8 Å². The van der Waals surface area contributed by atoms with Gasteiger partial charge in [0.2, 0.25) is 15.9 Å². The number of carbonyl (C=O) groups is 1. The van der Waals surface area contributed by atoms with Crippen molar-refractivity contribution < 1.29 is 13.2 Å². The molecule has 1 heterocycles.